The molecule has 0 radical (unpaired) electrons. The maximum Gasteiger partial charge on any atom is 0.282 e. The van der Waals surface area contributed by atoms with Crippen LogP contribution in [-0.4, -0.2) is 12.6 Å². The molecule has 0 amide bonds. The van der Waals surface area contributed by atoms with Crippen LogP contribution in [0.2, 0.25) is 0 Å². The lowest BCUT2D eigenvalue weighted by Gasteiger charge is -2.08. The van der Waals surface area contributed by atoms with E-state index in [1.165, 1.54) is 6.07 Å². The summed E-state index contributed by atoms with van der Waals surface area (Å²) in [5.41, 5.74) is 5.85. The van der Waals surface area contributed by atoms with Gasteiger partial charge < -0.3 is 10.5 Å². The summed E-state index contributed by atoms with van der Waals surface area (Å²) in [7, 11) is 0. The summed E-state index contributed by atoms with van der Waals surface area (Å²) in [5, 5.41) is 0. The van der Waals surface area contributed by atoms with Crippen molar-refractivity contribution in [1.29, 1.82) is 0 Å². The van der Waals surface area contributed by atoms with Gasteiger partial charge in [-0.05, 0) is 12.1 Å². The predicted octanol–water partition coefficient (Wildman–Crippen LogP) is 1.97. The Labute approximate surface area is 88.9 Å². The Bertz CT molecular complexity index is 374. The van der Waals surface area contributed by atoms with Crippen LogP contribution in [0.15, 0.2) is 27.7 Å². The van der Waals surface area contributed by atoms with Crippen LogP contribution in [0.5, 0.6) is 0 Å². The zero-order chi connectivity index (χ0) is 10.1. The second kappa shape index (κ2) is 3.57. The number of hydrogen-bond donors (Lipinski definition) is 1. The molecule has 0 saturated heterocycles. The minimum atomic E-state index is -0.342. The summed E-state index contributed by atoms with van der Waals surface area (Å²) in [5.74, 6) is -0.300. The van der Waals surface area contributed by atoms with Crippen LogP contribution in [0.25, 0.3) is 0 Å². The summed E-state index contributed by atoms with van der Waals surface area (Å²) >= 11 is 3.27. The average Bonchev–Trinajstić information content (AvgIpc) is 2.51. The highest BCUT2D eigenvalue weighted by atomic mass is 79.9. The molecule has 1 atom stereocenters. The minimum Gasteiger partial charge on any atom is -0.463 e. The van der Waals surface area contributed by atoms with Crippen molar-refractivity contribution < 1.29 is 9.13 Å². The molecule has 5 heteroatoms. The summed E-state index contributed by atoms with van der Waals surface area (Å²) in [6.45, 7) is 0.297. The summed E-state index contributed by atoms with van der Waals surface area (Å²) in [4.78, 5) is 3.98. The number of ether oxygens (including phenoxy) is 1. The molecule has 74 valence electrons. The normalized spacial score (nSPS) is 20.4. The van der Waals surface area contributed by atoms with E-state index in [0.29, 0.717) is 16.6 Å². The fraction of sp³-hybridized carbons (Fsp3) is 0.222. The topological polar surface area (TPSA) is 47.6 Å². The fourth-order valence-electron chi connectivity index (χ4n) is 1.37. The fourth-order valence-corrected chi connectivity index (χ4v) is 1.98. The molecule has 1 heterocycles. The lowest BCUT2D eigenvalue weighted by molar-refractivity contribution is 0.312. The van der Waals surface area contributed by atoms with Gasteiger partial charge in [0.1, 0.15) is 18.5 Å². The van der Waals surface area contributed by atoms with Gasteiger partial charge in [-0.15, -0.1) is 0 Å². The Morgan fingerprint density at radius 3 is 2.93 bits per heavy atom. The van der Waals surface area contributed by atoms with Gasteiger partial charge in [-0.25, -0.2) is 9.38 Å². The Morgan fingerprint density at radius 1 is 1.57 bits per heavy atom. The predicted molar refractivity (Wildman–Crippen MR) is 54.4 cm³/mol. The number of rotatable bonds is 1. The van der Waals surface area contributed by atoms with Crippen LogP contribution >= 0.6 is 15.9 Å². The van der Waals surface area contributed by atoms with Crippen molar-refractivity contribution in [3.8, 4) is 0 Å². The SMILES string of the molecule is NC1=NC(c2c(F)cccc2Br)CO1. The van der Waals surface area contributed by atoms with E-state index in [2.05, 4.69) is 20.9 Å². The first-order chi connectivity index (χ1) is 6.68. The van der Waals surface area contributed by atoms with Gasteiger partial charge in [0.15, 0.2) is 0 Å². The van der Waals surface area contributed by atoms with E-state index in [1.54, 1.807) is 12.1 Å². The van der Waals surface area contributed by atoms with E-state index in [1.807, 2.05) is 0 Å². The first-order valence-electron chi connectivity index (χ1n) is 4.08. The molecule has 1 aliphatic rings. The highest BCUT2D eigenvalue weighted by Gasteiger charge is 2.23. The van der Waals surface area contributed by atoms with Crippen LogP contribution in [-0.2, 0) is 4.74 Å². The molecule has 0 aliphatic carbocycles. The number of amidine groups is 1. The molecule has 2 rings (SSSR count). The number of nitrogens with zero attached hydrogens (tertiary/aromatic N) is 1. The second-order valence-electron chi connectivity index (χ2n) is 2.93. The van der Waals surface area contributed by atoms with Crippen LogP contribution in [0.4, 0.5) is 4.39 Å². The van der Waals surface area contributed by atoms with Crippen molar-refractivity contribution in [1.82, 2.24) is 0 Å². The van der Waals surface area contributed by atoms with Crippen LogP contribution in [0, 0.1) is 5.82 Å². The quantitative estimate of drug-likeness (QED) is 0.838. The summed E-state index contributed by atoms with van der Waals surface area (Å²) in [6, 6.07) is 4.56. The molecule has 14 heavy (non-hydrogen) atoms. The van der Waals surface area contributed by atoms with Gasteiger partial charge in [0.05, 0.1) is 0 Å². The molecule has 0 bridgehead atoms. The number of nitrogens with two attached hydrogens (primary N) is 1. The largest absolute Gasteiger partial charge is 0.463 e. The van der Waals surface area contributed by atoms with Crippen molar-refractivity contribution in [3.63, 3.8) is 0 Å². The Kier molecular flexibility index (Phi) is 2.41. The third-order valence-electron chi connectivity index (χ3n) is 2.01. The highest BCUT2D eigenvalue weighted by molar-refractivity contribution is 9.10. The molecule has 2 N–H and O–H groups in total. The first-order valence-corrected chi connectivity index (χ1v) is 4.88. The molecule has 0 spiro atoms. The number of halogens is 2. The number of aliphatic imine (C=N–C) groups is 1. The first kappa shape index (κ1) is 9.45. The zero-order valence-corrected chi connectivity index (χ0v) is 8.79. The van der Waals surface area contributed by atoms with E-state index in [9.17, 15) is 4.39 Å². The van der Waals surface area contributed by atoms with Crippen molar-refractivity contribution in [2.75, 3.05) is 6.61 Å². The van der Waals surface area contributed by atoms with Crippen molar-refractivity contribution in [2.24, 2.45) is 10.7 Å². The highest BCUT2D eigenvalue weighted by Crippen LogP contribution is 2.30. The van der Waals surface area contributed by atoms with E-state index in [-0.39, 0.29) is 17.9 Å². The van der Waals surface area contributed by atoms with Gasteiger partial charge >= 0.3 is 0 Å². The van der Waals surface area contributed by atoms with E-state index in [4.69, 9.17) is 10.5 Å². The molecule has 0 aromatic heterocycles. The molecule has 1 aromatic rings. The molecular weight excluding hydrogens is 251 g/mol. The molecule has 3 nitrogen and oxygen atoms in total. The van der Waals surface area contributed by atoms with Crippen molar-refractivity contribution in [2.45, 2.75) is 6.04 Å². The molecule has 1 aliphatic heterocycles. The van der Waals surface area contributed by atoms with E-state index in [0.717, 1.165) is 0 Å². The smallest absolute Gasteiger partial charge is 0.282 e. The van der Waals surface area contributed by atoms with Gasteiger partial charge in [-0.2, -0.15) is 0 Å². The molecule has 0 fully saturated rings. The number of hydrogen-bond acceptors (Lipinski definition) is 3. The van der Waals surface area contributed by atoms with Gasteiger partial charge in [0.2, 0.25) is 0 Å². The Morgan fingerprint density at radius 2 is 2.36 bits per heavy atom. The maximum atomic E-state index is 13.4. The Balaban J connectivity index is 2.41. The lowest BCUT2D eigenvalue weighted by Crippen LogP contribution is -2.10. The standard InChI is InChI=1S/C9H8BrFN2O/c10-5-2-1-3-6(11)8(5)7-4-14-9(12)13-7/h1-3,7H,4H2,(H2,12,13). The van der Waals surface area contributed by atoms with Gasteiger partial charge in [-0.3, -0.25) is 0 Å². The van der Waals surface area contributed by atoms with Crippen LogP contribution < -0.4 is 5.73 Å². The minimum absolute atomic E-state index is 0.116. The summed E-state index contributed by atoms with van der Waals surface area (Å²) in [6.07, 6.45) is 0. The van der Waals surface area contributed by atoms with Crippen molar-refractivity contribution >= 4 is 22.0 Å². The second-order valence-corrected chi connectivity index (χ2v) is 3.78. The van der Waals surface area contributed by atoms with Gasteiger partial charge in [0, 0.05) is 10.0 Å². The van der Waals surface area contributed by atoms with Gasteiger partial charge in [0.25, 0.3) is 6.02 Å². The van der Waals surface area contributed by atoms with Crippen LogP contribution in [0.3, 0.4) is 0 Å². The Hall–Kier alpha value is -1.10. The van der Waals surface area contributed by atoms with Crippen LogP contribution in [0.1, 0.15) is 11.6 Å². The average molecular weight is 259 g/mol. The monoisotopic (exact) mass is 258 g/mol. The lowest BCUT2D eigenvalue weighted by atomic mass is 10.1. The van der Waals surface area contributed by atoms with E-state index >= 15 is 0 Å². The zero-order valence-electron chi connectivity index (χ0n) is 7.21. The third kappa shape index (κ3) is 1.59. The molecule has 0 saturated carbocycles. The molecule has 1 unspecified atom stereocenters. The molecule has 1 aromatic carbocycles. The van der Waals surface area contributed by atoms with E-state index < -0.39 is 0 Å². The van der Waals surface area contributed by atoms with Crippen molar-refractivity contribution in [3.05, 3.63) is 34.1 Å². The number of benzene rings is 1. The maximum absolute atomic E-state index is 13.4. The molecular formula is C9H8BrFN2O. The van der Waals surface area contributed by atoms with Gasteiger partial charge in [-0.1, -0.05) is 22.0 Å². The summed E-state index contributed by atoms with van der Waals surface area (Å²) < 4.78 is 19.1. The third-order valence-corrected chi connectivity index (χ3v) is 2.70.